The molecule has 4 nitrogen and oxygen atoms in total. The average molecular weight is 280 g/mol. The molecule has 0 aromatic rings. The van der Waals surface area contributed by atoms with Crippen molar-refractivity contribution in [1.29, 1.82) is 0 Å². The molecule has 0 spiro atoms. The molecular formula is C16H28N2O2. The van der Waals surface area contributed by atoms with Crippen LogP contribution in [-0.2, 0) is 9.53 Å². The lowest BCUT2D eigenvalue weighted by Crippen LogP contribution is -2.54. The first-order valence-electron chi connectivity index (χ1n) is 8.38. The third-order valence-corrected chi connectivity index (χ3v) is 5.48. The van der Waals surface area contributed by atoms with E-state index in [1.165, 1.54) is 32.1 Å². The number of likely N-dealkylation sites (tertiary alicyclic amines) is 1. The van der Waals surface area contributed by atoms with Gasteiger partial charge in [-0.25, -0.2) is 0 Å². The summed E-state index contributed by atoms with van der Waals surface area (Å²) in [5.74, 6) is 1.05. The summed E-state index contributed by atoms with van der Waals surface area (Å²) in [6.45, 7) is 1.60. The third-order valence-electron chi connectivity index (χ3n) is 5.48. The van der Waals surface area contributed by atoms with Crippen LogP contribution in [0.2, 0.25) is 0 Å². The minimum Gasteiger partial charge on any atom is -0.379 e. The number of carbonyl (C=O) groups is 1. The third kappa shape index (κ3) is 2.73. The van der Waals surface area contributed by atoms with Gasteiger partial charge in [-0.15, -0.1) is 0 Å². The number of nitrogens with one attached hydrogen (secondary N) is 1. The second-order valence-corrected chi connectivity index (χ2v) is 6.65. The molecule has 0 aromatic heterocycles. The van der Waals surface area contributed by atoms with Crippen LogP contribution in [0.4, 0.5) is 0 Å². The van der Waals surface area contributed by atoms with Gasteiger partial charge in [0.15, 0.2) is 0 Å². The van der Waals surface area contributed by atoms with Gasteiger partial charge >= 0.3 is 0 Å². The normalized spacial score (nSPS) is 39.2. The highest BCUT2D eigenvalue weighted by Crippen LogP contribution is 2.38. The molecule has 0 bridgehead atoms. The second-order valence-electron chi connectivity index (χ2n) is 6.65. The lowest BCUT2D eigenvalue weighted by atomic mass is 9.96. The van der Waals surface area contributed by atoms with Gasteiger partial charge in [0.1, 0.15) is 0 Å². The zero-order valence-corrected chi connectivity index (χ0v) is 12.6. The summed E-state index contributed by atoms with van der Waals surface area (Å²) in [7, 11) is 1.92. The Bertz CT molecular complexity index is 339. The predicted octanol–water partition coefficient (Wildman–Crippen LogP) is 1.93. The van der Waals surface area contributed by atoms with Crippen molar-refractivity contribution in [2.45, 2.75) is 69.5 Å². The molecule has 4 heteroatoms. The van der Waals surface area contributed by atoms with E-state index < -0.39 is 0 Å². The van der Waals surface area contributed by atoms with Gasteiger partial charge in [-0.1, -0.05) is 6.42 Å². The topological polar surface area (TPSA) is 41.6 Å². The number of carbonyl (C=O) groups excluding carboxylic acids is 1. The van der Waals surface area contributed by atoms with Crippen LogP contribution < -0.4 is 5.32 Å². The number of likely N-dealkylation sites (N-methyl/N-ethyl adjacent to an activating group) is 1. The summed E-state index contributed by atoms with van der Waals surface area (Å²) < 4.78 is 5.75. The van der Waals surface area contributed by atoms with Crippen LogP contribution in [-0.4, -0.2) is 49.2 Å². The number of nitrogens with zero attached hydrogens (tertiary/aromatic N) is 1. The Morgan fingerprint density at radius 1 is 1.10 bits per heavy atom. The number of hydrogen-bond acceptors (Lipinski definition) is 3. The molecule has 114 valence electrons. The number of ether oxygens (including phenoxy) is 1. The van der Waals surface area contributed by atoms with Gasteiger partial charge in [-0.3, -0.25) is 4.79 Å². The zero-order valence-electron chi connectivity index (χ0n) is 12.6. The molecule has 2 aliphatic heterocycles. The van der Waals surface area contributed by atoms with E-state index in [1.54, 1.807) is 0 Å². The fourth-order valence-corrected chi connectivity index (χ4v) is 4.39. The van der Waals surface area contributed by atoms with Crippen LogP contribution in [0, 0.1) is 5.92 Å². The van der Waals surface area contributed by atoms with E-state index in [9.17, 15) is 4.79 Å². The summed E-state index contributed by atoms with van der Waals surface area (Å²) in [5.41, 5.74) is 0. The first-order chi connectivity index (χ1) is 9.81. The summed E-state index contributed by atoms with van der Waals surface area (Å²) in [4.78, 5) is 15.2. The fourth-order valence-electron chi connectivity index (χ4n) is 4.39. The summed E-state index contributed by atoms with van der Waals surface area (Å²) in [6.07, 6.45) is 9.44. The minimum absolute atomic E-state index is 0.0175. The lowest BCUT2D eigenvalue weighted by molar-refractivity contribution is -0.139. The SMILES string of the molecule is CNC1CCC2CCCC2N(C2CCCCOC2)C1=O. The Hall–Kier alpha value is -0.610. The van der Waals surface area contributed by atoms with E-state index in [4.69, 9.17) is 4.74 Å². The largest absolute Gasteiger partial charge is 0.379 e. The Morgan fingerprint density at radius 3 is 2.85 bits per heavy atom. The average Bonchev–Trinajstić information content (AvgIpc) is 2.69. The van der Waals surface area contributed by atoms with Crippen LogP contribution >= 0.6 is 0 Å². The predicted molar refractivity (Wildman–Crippen MR) is 78.5 cm³/mol. The van der Waals surface area contributed by atoms with Gasteiger partial charge in [0.05, 0.1) is 18.7 Å². The van der Waals surface area contributed by atoms with Gasteiger partial charge in [0.25, 0.3) is 0 Å². The Balaban J connectivity index is 1.83. The molecule has 4 unspecified atom stereocenters. The molecule has 3 fully saturated rings. The standard InChI is InChI=1S/C16H28N2O2/c1-17-14-9-8-12-5-4-7-15(12)18(16(14)19)13-6-2-3-10-20-11-13/h12-15,17H,2-11H2,1H3. The quantitative estimate of drug-likeness (QED) is 0.840. The van der Waals surface area contributed by atoms with E-state index in [1.807, 2.05) is 7.05 Å². The van der Waals surface area contributed by atoms with Crippen LogP contribution in [0.1, 0.15) is 51.4 Å². The highest BCUT2D eigenvalue weighted by Gasteiger charge is 2.43. The molecule has 1 N–H and O–H groups in total. The molecule has 2 saturated heterocycles. The molecule has 0 aromatic carbocycles. The second kappa shape index (κ2) is 6.44. The van der Waals surface area contributed by atoms with Crippen molar-refractivity contribution in [1.82, 2.24) is 10.2 Å². The minimum atomic E-state index is 0.0175. The lowest BCUT2D eigenvalue weighted by Gasteiger charge is -2.38. The van der Waals surface area contributed by atoms with Crippen LogP contribution in [0.3, 0.4) is 0 Å². The Labute approximate surface area is 122 Å². The molecule has 20 heavy (non-hydrogen) atoms. The van der Waals surface area contributed by atoms with Gasteiger partial charge in [-0.05, 0) is 57.9 Å². The molecule has 1 saturated carbocycles. The van der Waals surface area contributed by atoms with Crippen molar-refractivity contribution in [3.05, 3.63) is 0 Å². The summed E-state index contributed by atoms with van der Waals surface area (Å²) >= 11 is 0. The molecule has 4 atom stereocenters. The Morgan fingerprint density at radius 2 is 2.00 bits per heavy atom. The van der Waals surface area contributed by atoms with Crippen LogP contribution in [0.15, 0.2) is 0 Å². The van der Waals surface area contributed by atoms with E-state index in [2.05, 4.69) is 10.2 Å². The number of amides is 1. The summed E-state index contributed by atoms with van der Waals surface area (Å²) in [5, 5.41) is 3.24. The molecule has 0 radical (unpaired) electrons. The first kappa shape index (κ1) is 14.3. The fraction of sp³-hybridized carbons (Fsp3) is 0.938. The smallest absolute Gasteiger partial charge is 0.240 e. The molecule has 1 aliphatic carbocycles. The van der Waals surface area contributed by atoms with Crippen LogP contribution in [0.5, 0.6) is 0 Å². The van der Waals surface area contributed by atoms with Gasteiger partial charge < -0.3 is 15.0 Å². The van der Waals surface area contributed by atoms with Crippen molar-refractivity contribution >= 4 is 5.91 Å². The van der Waals surface area contributed by atoms with Gasteiger partial charge in [-0.2, -0.15) is 0 Å². The van der Waals surface area contributed by atoms with E-state index in [-0.39, 0.29) is 6.04 Å². The maximum atomic E-state index is 12.9. The van der Waals surface area contributed by atoms with Crippen molar-refractivity contribution < 1.29 is 9.53 Å². The van der Waals surface area contributed by atoms with Gasteiger partial charge in [0, 0.05) is 12.6 Å². The molecule has 3 aliphatic rings. The van der Waals surface area contributed by atoms with E-state index >= 15 is 0 Å². The highest BCUT2D eigenvalue weighted by molar-refractivity contribution is 5.83. The van der Waals surface area contributed by atoms with Crippen molar-refractivity contribution in [3.63, 3.8) is 0 Å². The summed E-state index contributed by atoms with van der Waals surface area (Å²) in [6, 6.07) is 0.806. The van der Waals surface area contributed by atoms with E-state index in [0.717, 1.165) is 38.4 Å². The highest BCUT2D eigenvalue weighted by atomic mass is 16.5. The van der Waals surface area contributed by atoms with Gasteiger partial charge in [0.2, 0.25) is 5.91 Å². The number of fused-ring (bicyclic) bond motifs is 1. The van der Waals surface area contributed by atoms with Crippen molar-refractivity contribution in [2.24, 2.45) is 5.92 Å². The molecule has 2 heterocycles. The molecule has 3 rings (SSSR count). The number of hydrogen-bond donors (Lipinski definition) is 1. The monoisotopic (exact) mass is 280 g/mol. The first-order valence-corrected chi connectivity index (χ1v) is 8.38. The van der Waals surface area contributed by atoms with Crippen molar-refractivity contribution in [2.75, 3.05) is 20.3 Å². The molecular weight excluding hydrogens is 252 g/mol. The Kier molecular flexibility index (Phi) is 4.61. The zero-order chi connectivity index (χ0) is 13.9. The maximum Gasteiger partial charge on any atom is 0.240 e. The van der Waals surface area contributed by atoms with E-state index in [0.29, 0.717) is 18.0 Å². The van der Waals surface area contributed by atoms with Crippen molar-refractivity contribution in [3.8, 4) is 0 Å². The maximum absolute atomic E-state index is 12.9. The molecule has 1 amide bonds. The van der Waals surface area contributed by atoms with Crippen LogP contribution in [0.25, 0.3) is 0 Å². The number of rotatable bonds is 2.